The number of carbonyl (C=O) groups is 3. The summed E-state index contributed by atoms with van der Waals surface area (Å²) in [4.78, 5) is 41.7. The van der Waals surface area contributed by atoms with Gasteiger partial charge in [0.2, 0.25) is 5.91 Å². The van der Waals surface area contributed by atoms with Crippen molar-refractivity contribution in [2.45, 2.75) is 40.3 Å². The van der Waals surface area contributed by atoms with Crippen LogP contribution in [-0.2, 0) is 27.4 Å². The Kier molecular flexibility index (Phi) is 10.0. The first-order valence-electron chi connectivity index (χ1n) is 10.5. The maximum atomic E-state index is 13.2. The van der Waals surface area contributed by atoms with Crippen LogP contribution in [0.2, 0.25) is 0 Å². The van der Waals surface area contributed by atoms with E-state index in [1.54, 1.807) is 23.2 Å². The fraction of sp³-hybridized carbons (Fsp3) is 0.435. The van der Waals surface area contributed by atoms with Crippen LogP contribution < -0.4 is 5.32 Å². The van der Waals surface area contributed by atoms with E-state index in [4.69, 9.17) is 4.74 Å². The van der Waals surface area contributed by atoms with Crippen molar-refractivity contribution >= 4 is 29.2 Å². The van der Waals surface area contributed by atoms with Crippen LogP contribution in [-0.4, -0.2) is 53.9 Å². The number of hydrogen-bond donors (Lipinski definition) is 1. The van der Waals surface area contributed by atoms with E-state index in [9.17, 15) is 14.4 Å². The van der Waals surface area contributed by atoms with Gasteiger partial charge in [-0.15, -0.1) is 11.3 Å². The predicted molar refractivity (Wildman–Crippen MR) is 122 cm³/mol. The van der Waals surface area contributed by atoms with Gasteiger partial charge in [0.15, 0.2) is 0 Å². The van der Waals surface area contributed by atoms with Gasteiger partial charge < -0.3 is 19.9 Å². The van der Waals surface area contributed by atoms with Crippen molar-refractivity contribution in [3.63, 3.8) is 0 Å². The molecule has 0 unspecified atom stereocenters. The molecule has 1 N–H and O–H groups in total. The molecule has 1 aromatic heterocycles. The zero-order valence-corrected chi connectivity index (χ0v) is 19.2. The zero-order chi connectivity index (χ0) is 22.6. The Morgan fingerprint density at radius 2 is 1.77 bits per heavy atom. The summed E-state index contributed by atoms with van der Waals surface area (Å²) in [5, 5.41) is 4.56. The van der Waals surface area contributed by atoms with E-state index in [-0.39, 0.29) is 25.6 Å². The lowest BCUT2D eigenvalue weighted by atomic mass is 10.2. The standard InChI is InChI=1S/C23H31N3O4S/c1-4-12-25(23(29)24-14-22(28)30-5-2)17-21(27)26(15-19-9-7-6-8-10-19)16-20-18(3)11-13-31-20/h6-11,13H,4-5,12,14-17H2,1-3H3,(H,24,29). The summed E-state index contributed by atoms with van der Waals surface area (Å²) in [5.41, 5.74) is 2.17. The lowest BCUT2D eigenvalue weighted by Crippen LogP contribution is -2.47. The van der Waals surface area contributed by atoms with E-state index in [2.05, 4.69) is 5.32 Å². The van der Waals surface area contributed by atoms with Crippen LogP contribution in [0.3, 0.4) is 0 Å². The first-order valence-corrected chi connectivity index (χ1v) is 11.4. The number of carbonyl (C=O) groups excluding carboxylic acids is 3. The summed E-state index contributed by atoms with van der Waals surface area (Å²) in [6, 6.07) is 11.4. The zero-order valence-electron chi connectivity index (χ0n) is 18.4. The van der Waals surface area contributed by atoms with Crippen molar-refractivity contribution < 1.29 is 19.1 Å². The number of rotatable bonds is 11. The fourth-order valence-corrected chi connectivity index (χ4v) is 3.95. The lowest BCUT2D eigenvalue weighted by molar-refractivity contribution is -0.141. The number of aryl methyl sites for hydroxylation is 1. The van der Waals surface area contributed by atoms with Gasteiger partial charge in [0.05, 0.1) is 13.2 Å². The number of hydrogen-bond acceptors (Lipinski definition) is 5. The smallest absolute Gasteiger partial charge is 0.325 e. The number of benzene rings is 1. The summed E-state index contributed by atoms with van der Waals surface area (Å²) in [6.45, 7) is 7.01. The number of esters is 1. The first-order chi connectivity index (χ1) is 14.9. The molecule has 2 aromatic rings. The van der Waals surface area contributed by atoms with Gasteiger partial charge in [-0.1, -0.05) is 37.3 Å². The highest BCUT2D eigenvalue weighted by molar-refractivity contribution is 7.10. The Morgan fingerprint density at radius 3 is 2.39 bits per heavy atom. The van der Waals surface area contributed by atoms with Gasteiger partial charge >= 0.3 is 12.0 Å². The minimum absolute atomic E-state index is 0.0558. The molecule has 31 heavy (non-hydrogen) atoms. The van der Waals surface area contributed by atoms with Gasteiger partial charge in [0.1, 0.15) is 13.1 Å². The van der Waals surface area contributed by atoms with E-state index in [1.807, 2.05) is 55.6 Å². The Hall–Kier alpha value is -2.87. The highest BCUT2D eigenvalue weighted by atomic mass is 32.1. The molecule has 3 amide bonds. The summed E-state index contributed by atoms with van der Waals surface area (Å²) >= 11 is 1.62. The summed E-state index contributed by atoms with van der Waals surface area (Å²) in [7, 11) is 0. The molecule has 8 heteroatoms. The van der Waals surface area contributed by atoms with Crippen LogP contribution in [0.15, 0.2) is 41.8 Å². The molecule has 0 radical (unpaired) electrons. The van der Waals surface area contributed by atoms with E-state index in [0.29, 0.717) is 26.1 Å². The fourth-order valence-electron chi connectivity index (χ4n) is 3.03. The molecule has 0 saturated heterocycles. The van der Waals surface area contributed by atoms with E-state index < -0.39 is 12.0 Å². The average Bonchev–Trinajstić information content (AvgIpc) is 3.16. The molecule has 2 rings (SSSR count). The molecule has 1 heterocycles. The summed E-state index contributed by atoms with van der Waals surface area (Å²) in [6.07, 6.45) is 0.697. The summed E-state index contributed by atoms with van der Waals surface area (Å²) in [5.74, 6) is -0.645. The predicted octanol–water partition coefficient (Wildman–Crippen LogP) is 3.57. The van der Waals surface area contributed by atoms with Crippen molar-refractivity contribution in [1.82, 2.24) is 15.1 Å². The third-order valence-electron chi connectivity index (χ3n) is 4.67. The Balaban J connectivity index is 2.09. The molecule has 7 nitrogen and oxygen atoms in total. The van der Waals surface area contributed by atoms with Gasteiger partial charge in [-0.3, -0.25) is 9.59 Å². The Bertz CT molecular complexity index is 854. The minimum atomic E-state index is -0.502. The van der Waals surface area contributed by atoms with Crippen LogP contribution in [0, 0.1) is 6.92 Å². The summed E-state index contributed by atoms with van der Waals surface area (Å²) < 4.78 is 4.84. The van der Waals surface area contributed by atoms with Crippen LogP contribution in [0.4, 0.5) is 4.79 Å². The topological polar surface area (TPSA) is 79.0 Å². The van der Waals surface area contributed by atoms with E-state index in [1.165, 1.54) is 4.90 Å². The molecule has 0 saturated carbocycles. The normalized spacial score (nSPS) is 10.4. The molecule has 0 spiro atoms. The van der Waals surface area contributed by atoms with Gasteiger partial charge in [-0.25, -0.2) is 4.79 Å². The number of nitrogens with one attached hydrogen (secondary N) is 1. The van der Waals surface area contributed by atoms with Crippen molar-refractivity contribution in [3.05, 3.63) is 57.8 Å². The molecular weight excluding hydrogens is 414 g/mol. The average molecular weight is 446 g/mol. The highest BCUT2D eigenvalue weighted by Gasteiger charge is 2.22. The van der Waals surface area contributed by atoms with Crippen molar-refractivity contribution in [2.75, 3.05) is 26.2 Å². The SMILES string of the molecule is CCCN(CC(=O)N(Cc1ccccc1)Cc1sccc1C)C(=O)NCC(=O)OCC. The molecule has 0 aliphatic carbocycles. The lowest BCUT2D eigenvalue weighted by Gasteiger charge is -2.27. The molecule has 0 bridgehead atoms. The molecule has 1 aromatic carbocycles. The number of amides is 3. The minimum Gasteiger partial charge on any atom is -0.465 e. The molecule has 0 fully saturated rings. The van der Waals surface area contributed by atoms with Crippen molar-refractivity contribution in [1.29, 1.82) is 0 Å². The Labute approximate surface area is 188 Å². The number of nitrogens with zero attached hydrogens (tertiary/aromatic N) is 2. The second kappa shape index (κ2) is 12.7. The van der Waals surface area contributed by atoms with Gasteiger partial charge in [-0.05, 0) is 42.8 Å². The third-order valence-corrected chi connectivity index (χ3v) is 5.68. The maximum absolute atomic E-state index is 13.2. The molecule has 0 atom stereocenters. The monoisotopic (exact) mass is 445 g/mol. The van der Waals surface area contributed by atoms with Crippen LogP contribution >= 0.6 is 11.3 Å². The van der Waals surface area contributed by atoms with Gasteiger partial charge in [-0.2, -0.15) is 0 Å². The first kappa shape index (κ1) is 24.4. The van der Waals surface area contributed by atoms with Gasteiger partial charge in [0.25, 0.3) is 0 Å². The highest BCUT2D eigenvalue weighted by Crippen LogP contribution is 2.19. The van der Waals surface area contributed by atoms with Gasteiger partial charge in [0, 0.05) is 18.0 Å². The maximum Gasteiger partial charge on any atom is 0.325 e. The molecular formula is C23H31N3O4S. The quantitative estimate of drug-likeness (QED) is 0.537. The second-order valence-electron chi connectivity index (χ2n) is 7.15. The van der Waals surface area contributed by atoms with Crippen LogP contribution in [0.25, 0.3) is 0 Å². The number of ether oxygens (including phenoxy) is 1. The van der Waals surface area contributed by atoms with E-state index >= 15 is 0 Å². The molecule has 168 valence electrons. The number of thiophene rings is 1. The number of urea groups is 1. The molecule has 0 aliphatic heterocycles. The Morgan fingerprint density at radius 1 is 1.03 bits per heavy atom. The van der Waals surface area contributed by atoms with Crippen molar-refractivity contribution in [2.24, 2.45) is 0 Å². The van der Waals surface area contributed by atoms with Crippen LogP contribution in [0.5, 0.6) is 0 Å². The van der Waals surface area contributed by atoms with Crippen LogP contribution in [0.1, 0.15) is 36.3 Å². The van der Waals surface area contributed by atoms with Crippen molar-refractivity contribution in [3.8, 4) is 0 Å². The van der Waals surface area contributed by atoms with E-state index in [0.717, 1.165) is 16.0 Å². The third kappa shape index (κ3) is 8.05. The molecule has 0 aliphatic rings. The largest absolute Gasteiger partial charge is 0.465 e. The second-order valence-corrected chi connectivity index (χ2v) is 8.15.